The maximum absolute atomic E-state index is 5.60. The molecule has 2 aromatic rings. The van der Waals surface area contributed by atoms with Gasteiger partial charge in [-0.25, -0.2) is 9.97 Å². The summed E-state index contributed by atoms with van der Waals surface area (Å²) < 4.78 is 0. The van der Waals surface area contributed by atoms with E-state index in [1.54, 1.807) is 6.20 Å². The minimum Gasteiger partial charge on any atom is -0.239 e. The molecule has 0 radical (unpaired) electrons. The van der Waals surface area contributed by atoms with E-state index in [-0.39, 0.29) is 12.4 Å². The van der Waals surface area contributed by atoms with Crippen molar-refractivity contribution >= 4 is 34.9 Å². The summed E-state index contributed by atoms with van der Waals surface area (Å²) in [6, 6.07) is 7.85. The maximum atomic E-state index is 5.60. The fourth-order valence-corrected chi connectivity index (χ4v) is 1.20. The third kappa shape index (κ3) is 2.08. The van der Waals surface area contributed by atoms with Crippen LogP contribution in [-0.4, -0.2) is 9.97 Å². The second-order valence-electron chi connectivity index (χ2n) is 2.48. The Bertz CT molecular complexity index is 403. The van der Waals surface area contributed by atoms with Crippen LogP contribution in [0.2, 0.25) is 0 Å². The average Bonchev–Trinajstić information content (AvgIpc) is 2.17. The van der Waals surface area contributed by atoms with Crippen molar-refractivity contribution in [2.75, 3.05) is 0 Å². The van der Waals surface area contributed by atoms with Gasteiger partial charge >= 0.3 is 0 Å². The van der Waals surface area contributed by atoms with E-state index in [1.165, 1.54) is 0 Å². The van der Waals surface area contributed by atoms with E-state index in [0.29, 0.717) is 11.7 Å². The molecule has 0 saturated carbocycles. The average molecular weight is 215 g/mol. The first-order valence-electron chi connectivity index (χ1n) is 3.67. The summed E-state index contributed by atoms with van der Waals surface area (Å²) in [5.74, 6) is 1.04. The summed E-state index contributed by atoms with van der Waals surface area (Å²) in [7, 11) is 0. The predicted octanol–water partition coefficient (Wildman–Crippen LogP) is 2.79. The molecule has 0 atom stereocenters. The molecule has 13 heavy (non-hydrogen) atoms. The molecule has 0 spiro atoms. The molecular weight excluding hydrogens is 207 g/mol. The van der Waals surface area contributed by atoms with Gasteiger partial charge in [-0.2, -0.15) is 0 Å². The third-order valence-corrected chi connectivity index (χ3v) is 1.90. The number of alkyl halides is 1. The minimum atomic E-state index is 0. The van der Waals surface area contributed by atoms with Crippen molar-refractivity contribution < 1.29 is 0 Å². The lowest BCUT2D eigenvalue weighted by Crippen LogP contribution is -1.90. The summed E-state index contributed by atoms with van der Waals surface area (Å²) in [5, 5.41) is 1.05. The normalized spacial score (nSPS) is 9.62. The van der Waals surface area contributed by atoms with Crippen LogP contribution in [0.1, 0.15) is 5.82 Å². The maximum Gasteiger partial charge on any atom is 0.143 e. The zero-order valence-corrected chi connectivity index (χ0v) is 8.35. The highest BCUT2D eigenvalue weighted by atomic mass is 35.5. The summed E-state index contributed by atoms with van der Waals surface area (Å²) in [5.41, 5.74) is 0.947. The molecule has 1 aromatic heterocycles. The molecule has 68 valence electrons. The first-order chi connectivity index (χ1) is 5.90. The fraction of sp³-hybridized carbons (Fsp3) is 0.111. The quantitative estimate of drug-likeness (QED) is 0.683. The van der Waals surface area contributed by atoms with E-state index in [0.717, 1.165) is 10.9 Å². The fourth-order valence-electron chi connectivity index (χ4n) is 1.07. The van der Waals surface area contributed by atoms with Gasteiger partial charge in [0.2, 0.25) is 0 Å². The van der Waals surface area contributed by atoms with Crippen LogP contribution in [0.25, 0.3) is 10.9 Å². The minimum absolute atomic E-state index is 0. The van der Waals surface area contributed by atoms with Crippen LogP contribution in [0.4, 0.5) is 0 Å². The molecule has 2 rings (SSSR count). The highest BCUT2D eigenvalue weighted by Crippen LogP contribution is 2.09. The molecule has 0 aliphatic heterocycles. The van der Waals surface area contributed by atoms with Crippen LogP contribution in [0.15, 0.2) is 30.5 Å². The number of fused-ring (bicyclic) bond motifs is 1. The molecule has 0 aliphatic rings. The van der Waals surface area contributed by atoms with Gasteiger partial charge in [0.25, 0.3) is 0 Å². The zero-order valence-electron chi connectivity index (χ0n) is 6.77. The number of aromatic nitrogens is 2. The first kappa shape index (κ1) is 10.2. The molecule has 0 saturated heterocycles. The van der Waals surface area contributed by atoms with Crippen molar-refractivity contribution in [2.24, 2.45) is 0 Å². The van der Waals surface area contributed by atoms with Crippen molar-refractivity contribution in [3.8, 4) is 0 Å². The number of rotatable bonds is 1. The van der Waals surface area contributed by atoms with Crippen LogP contribution in [-0.2, 0) is 5.88 Å². The van der Waals surface area contributed by atoms with Gasteiger partial charge in [0.05, 0.1) is 11.4 Å². The Labute approximate surface area is 87.4 Å². The van der Waals surface area contributed by atoms with Crippen molar-refractivity contribution in [1.82, 2.24) is 9.97 Å². The first-order valence-corrected chi connectivity index (χ1v) is 4.20. The lowest BCUT2D eigenvalue weighted by molar-refractivity contribution is 1.06. The molecule has 0 bridgehead atoms. The van der Waals surface area contributed by atoms with Crippen LogP contribution in [0.5, 0.6) is 0 Å². The number of halogens is 2. The summed E-state index contributed by atoms with van der Waals surface area (Å²) in [4.78, 5) is 8.33. The van der Waals surface area contributed by atoms with Crippen molar-refractivity contribution in [2.45, 2.75) is 5.88 Å². The van der Waals surface area contributed by atoms with Crippen LogP contribution in [0.3, 0.4) is 0 Å². The number of para-hydroxylation sites is 1. The Hall–Kier alpha value is -0.860. The van der Waals surface area contributed by atoms with E-state index in [1.807, 2.05) is 24.3 Å². The third-order valence-electron chi connectivity index (χ3n) is 1.66. The molecule has 0 amide bonds. The molecular formula is C9H8Cl2N2. The highest BCUT2D eigenvalue weighted by molar-refractivity contribution is 6.16. The highest BCUT2D eigenvalue weighted by Gasteiger charge is 1.96. The van der Waals surface area contributed by atoms with E-state index < -0.39 is 0 Å². The van der Waals surface area contributed by atoms with Gasteiger partial charge in [-0.15, -0.1) is 24.0 Å². The standard InChI is InChI=1S/C9H7ClN2.ClH/c10-5-9-11-6-7-3-1-2-4-8(7)12-9;/h1-4,6H,5H2;1H. The van der Waals surface area contributed by atoms with Crippen molar-refractivity contribution in [3.63, 3.8) is 0 Å². The van der Waals surface area contributed by atoms with Gasteiger partial charge in [0.15, 0.2) is 0 Å². The molecule has 1 heterocycles. The SMILES string of the molecule is Cl.ClCc1ncc2ccccc2n1. The molecule has 0 unspecified atom stereocenters. The van der Waals surface area contributed by atoms with Gasteiger partial charge in [0, 0.05) is 11.6 Å². The molecule has 4 heteroatoms. The van der Waals surface area contributed by atoms with E-state index in [4.69, 9.17) is 11.6 Å². The number of benzene rings is 1. The number of nitrogens with zero attached hydrogens (tertiary/aromatic N) is 2. The van der Waals surface area contributed by atoms with E-state index >= 15 is 0 Å². The Balaban J connectivity index is 0.000000845. The zero-order chi connectivity index (χ0) is 8.39. The van der Waals surface area contributed by atoms with Gasteiger partial charge in [-0.1, -0.05) is 18.2 Å². The van der Waals surface area contributed by atoms with Crippen molar-refractivity contribution in [3.05, 3.63) is 36.3 Å². The Morgan fingerprint density at radius 1 is 1.23 bits per heavy atom. The molecule has 0 aliphatic carbocycles. The Kier molecular flexibility index (Phi) is 3.46. The largest absolute Gasteiger partial charge is 0.239 e. The van der Waals surface area contributed by atoms with Gasteiger partial charge < -0.3 is 0 Å². The molecule has 0 fully saturated rings. The topological polar surface area (TPSA) is 25.8 Å². The number of hydrogen-bond acceptors (Lipinski definition) is 2. The second-order valence-corrected chi connectivity index (χ2v) is 2.75. The monoisotopic (exact) mass is 214 g/mol. The second kappa shape index (κ2) is 4.40. The van der Waals surface area contributed by atoms with Gasteiger partial charge in [-0.3, -0.25) is 0 Å². The predicted molar refractivity (Wildman–Crippen MR) is 56.3 cm³/mol. The van der Waals surface area contributed by atoms with E-state index in [9.17, 15) is 0 Å². The Morgan fingerprint density at radius 2 is 2.00 bits per heavy atom. The van der Waals surface area contributed by atoms with Gasteiger partial charge in [-0.05, 0) is 6.07 Å². The summed E-state index contributed by atoms with van der Waals surface area (Å²) >= 11 is 5.60. The molecule has 0 N–H and O–H groups in total. The van der Waals surface area contributed by atoms with Gasteiger partial charge in [0.1, 0.15) is 5.82 Å². The van der Waals surface area contributed by atoms with Crippen LogP contribution >= 0.6 is 24.0 Å². The Morgan fingerprint density at radius 3 is 2.77 bits per heavy atom. The van der Waals surface area contributed by atoms with Crippen LogP contribution in [0, 0.1) is 0 Å². The lowest BCUT2D eigenvalue weighted by atomic mass is 10.2. The summed E-state index contributed by atoms with van der Waals surface area (Å²) in [6.45, 7) is 0. The number of hydrogen-bond donors (Lipinski definition) is 0. The van der Waals surface area contributed by atoms with Crippen molar-refractivity contribution in [1.29, 1.82) is 0 Å². The summed E-state index contributed by atoms with van der Waals surface area (Å²) in [6.07, 6.45) is 1.79. The molecule has 2 nitrogen and oxygen atoms in total. The van der Waals surface area contributed by atoms with Crippen LogP contribution < -0.4 is 0 Å². The molecule has 1 aromatic carbocycles. The smallest absolute Gasteiger partial charge is 0.143 e. The van der Waals surface area contributed by atoms with E-state index in [2.05, 4.69) is 9.97 Å². The lowest BCUT2D eigenvalue weighted by Gasteiger charge is -1.96.